The quantitative estimate of drug-likeness (QED) is 0.651. The average molecular weight is 291 g/mol. The first kappa shape index (κ1) is 13.8. The summed E-state index contributed by atoms with van der Waals surface area (Å²) in [5, 5.41) is 13.9. The van der Waals surface area contributed by atoms with Crippen molar-refractivity contribution in [1.82, 2.24) is 0 Å². The second kappa shape index (κ2) is 5.33. The van der Waals surface area contributed by atoms with Gasteiger partial charge in [0.1, 0.15) is 6.10 Å². The van der Waals surface area contributed by atoms with Crippen LogP contribution in [0.5, 0.6) is 5.75 Å². The number of rotatable bonds is 3. The highest BCUT2D eigenvalue weighted by molar-refractivity contribution is 5.94. The van der Waals surface area contributed by atoms with E-state index in [0.29, 0.717) is 24.9 Å². The van der Waals surface area contributed by atoms with E-state index in [4.69, 9.17) is 10.5 Å². The van der Waals surface area contributed by atoms with E-state index in [0.717, 1.165) is 18.4 Å². The van der Waals surface area contributed by atoms with Crippen LogP contribution in [0.15, 0.2) is 12.1 Å². The normalized spacial score (nSPS) is 24.3. The molecule has 1 aliphatic carbocycles. The lowest BCUT2D eigenvalue weighted by atomic mass is 10.0. The molecule has 21 heavy (non-hydrogen) atoms. The van der Waals surface area contributed by atoms with Crippen LogP contribution in [0.25, 0.3) is 0 Å². The fraction of sp³-hybridized carbons (Fsp3) is 0.500. The maximum Gasteiger partial charge on any atom is 0.313 e. The van der Waals surface area contributed by atoms with Gasteiger partial charge in [0.2, 0.25) is 5.91 Å². The molecule has 0 radical (unpaired) electrons. The Labute approximate surface area is 121 Å². The molecule has 1 aliphatic heterocycles. The molecule has 0 aromatic heterocycles. The smallest absolute Gasteiger partial charge is 0.313 e. The number of nitro groups is 1. The zero-order valence-corrected chi connectivity index (χ0v) is 11.5. The van der Waals surface area contributed by atoms with Crippen LogP contribution >= 0.6 is 0 Å². The van der Waals surface area contributed by atoms with Crippen LogP contribution in [0.4, 0.5) is 11.4 Å². The first-order valence-corrected chi connectivity index (χ1v) is 7.06. The van der Waals surface area contributed by atoms with Crippen molar-refractivity contribution in [2.75, 3.05) is 5.32 Å². The maximum absolute atomic E-state index is 11.4. The molecule has 3 rings (SSSR count). The number of carbonyl (C=O) groups is 1. The highest BCUT2D eigenvalue weighted by Gasteiger charge is 2.28. The van der Waals surface area contributed by atoms with Crippen molar-refractivity contribution in [3.8, 4) is 5.75 Å². The number of nitrogens with two attached hydrogens (primary N) is 1. The molecule has 1 heterocycles. The van der Waals surface area contributed by atoms with Gasteiger partial charge in [0.15, 0.2) is 5.75 Å². The second-order valence-corrected chi connectivity index (χ2v) is 5.60. The molecule has 7 nitrogen and oxygen atoms in total. The number of benzene rings is 1. The number of anilines is 1. The summed E-state index contributed by atoms with van der Waals surface area (Å²) in [6, 6.07) is 3.17. The van der Waals surface area contributed by atoms with Crippen molar-refractivity contribution >= 4 is 17.3 Å². The monoisotopic (exact) mass is 291 g/mol. The van der Waals surface area contributed by atoms with Crippen molar-refractivity contribution in [2.45, 2.75) is 44.2 Å². The van der Waals surface area contributed by atoms with E-state index in [-0.39, 0.29) is 29.5 Å². The standard InChI is InChI=1S/C14H17N3O4/c15-9-2-3-10(6-9)21-13-5-8-1-4-14(18)16-11(8)7-12(13)17(19)20/h5,7,9-10H,1-4,6,15H2,(H,16,18). The summed E-state index contributed by atoms with van der Waals surface area (Å²) in [6.45, 7) is 0. The zero-order valence-electron chi connectivity index (χ0n) is 11.5. The molecule has 1 amide bonds. The van der Waals surface area contributed by atoms with Crippen molar-refractivity contribution in [3.05, 3.63) is 27.8 Å². The van der Waals surface area contributed by atoms with E-state index in [1.165, 1.54) is 6.07 Å². The number of nitrogens with zero attached hydrogens (tertiary/aromatic N) is 1. The molecule has 3 N–H and O–H groups in total. The van der Waals surface area contributed by atoms with E-state index in [1.54, 1.807) is 6.07 Å². The van der Waals surface area contributed by atoms with Gasteiger partial charge >= 0.3 is 5.69 Å². The lowest BCUT2D eigenvalue weighted by Crippen LogP contribution is -2.21. The molecule has 112 valence electrons. The number of hydrogen-bond acceptors (Lipinski definition) is 5. The number of nitro benzene ring substituents is 1. The lowest BCUT2D eigenvalue weighted by molar-refractivity contribution is -0.386. The van der Waals surface area contributed by atoms with Crippen LogP contribution < -0.4 is 15.8 Å². The summed E-state index contributed by atoms with van der Waals surface area (Å²) < 4.78 is 5.80. The van der Waals surface area contributed by atoms with Gasteiger partial charge < -0.3 is 15.8 Å². The van der Waals surface area contributed by atoms with Crippen molar-refractivity contribution in [1.29, 1.82) is 0 Å². The third-order valence-electron chi connectivity index (χ3n) is 4.00. The maximum atomic E-state index is 11.4. The molecule has 1 saturated carbocycles. The molecule has 7 heteroatoms. The predicted octanol–water partition coefficient (Wildman–Crippen LogP) is 1.74. The molecule has 1 fully saturated rings. The van der Waals surface area contributed by atoms with Gasteiger partial charge in [-0.25, -0.2) is 0 Å². The molecule has 2 aliphatic rings. The Kier molecular flexibility index (Phi) is 3.50. The number of carbonyl (C=O) groups excluding carboxylic acids is 1. The average Bonchev–Trinajstić information content (AvgIpc) is 2.83. The Morgan fingerprint density at radius 2 is 2.14 bits per heavy atom. The fourth-order valence-electron chi connectivity index (χ4n) is 2.89. The van der Waals surface area contributed by atoms with E-state index in [1.807, 2.05) is 0 Å². The molecule has 2 atom stereocenters. The number of amides is 1. The van der Waals surface area contributed by atoms with Crippen LogP contribution in [0.2, 0.25) is 0 Å². The predicted molar refractivity (Wildman–Crippen MR) is 76.3 cm³/mol. The number of nitrogens with one attached hydrogen (secondary N) is 1. The molecule has 0 bridgehead atoms. The number of aryl methyl sites for hydroxylation is 1. The summed E-state index contributed by atoms with van der Waals surface area (Å²) in [4.78, 5) is 22.1. The van der Waals surface area contributed by atoms with Gasteiger partial charge in [0.25, 0.3) is 0 Å². The van der Waals surface area contributed by atoms with Gasteiger partial charge in [-0.1, -0.05) is 0 Å². The summed E-state index contributed by atoms with van der Waals surface area (Å²) in [5.74, 6) is 0.154. The van der Waals surface area contributed by atoms with Crippen LogP contribution in [-0.4, -0.2) is 23.0 Å². The highest BCUT2D eigenvalue weighted by Crippen LogP contribution is 2.37. The largest absolute Gasteiger partial charge is 0.483 e. The molecule has 1 aromatic carbocycles. The number of fused-ring (bicyclic) bond motifs is 1. The molecule has 1 aromatic rings. The van der Waals surface area contributed by atoms with Crippen LogP contribution in [0.1, 0.15) is 31.2 Å². The van der Waals surface area contributed by atoms with E-state index in [2.05, 4.69) is 5.32 Å². The summed E-state index contributed by atoms with van der Waals surface area (Å²) >= 11 is 0. The SMILES string of the molecule is NC1CCC(Oc2cc3c(cc2[N+](=O)[O-])NC(=O)CC3)C1. The number of ether oxygens (including phenoxy) is 1. The highest BCUT2D eigenvalue weighted by atomic mass is 16.6. The molecule has 0 saturated heterocycles. The summed E-state index contributed by atoms with van der Waals surface area (Å²) in [7, 11) is 0. The molecular weight excluding hydrogens is 274 g/mol. The summed E-state index contributed by atoms with van der Waals surface area (Å²) in [6.07, 6.45) is 3.28. The molecule has 0 spiro atoms. The first-order valence-electron chi connectivity index (χ1n) is 7.06. The molecular formula is C14H17N3O4. The Bertz CT molecular complexity index is 602. The summed E-state index contributed by atoms with van der Waals surface area (Å²) in [5.41, 5.74) is 7.11. The Morgan fingerprint density at radius 3 is 2.81 bits per heavy atom. The van der Waals surface area contributed by atoms with Gasteiger partial charge in [-0.05, 0) is 37.3 Å². The minimum atomic E-state index is -0.481. The van der Waals surface area contributed by atoms with Gasteiger partial charge in [0.05, 0.1) is 10.6 Å². The lowest BCUT2D eigenvalue weighted by Gasteiger charge is -2.19. The zero-order chi connectivity index (χ0) is 15.0. The third-order valence-corrected chi connectivity index (χ3v) is 4.00. The Morgan fingerprint density at radius 1 is 1.33 bits per heavy atom. The topological polar surface area (TPSA) is 107 Å². The van der Waals surface area contributed by atoms with Crippen LogP contribution in [0.3, 0.4) is 0 Å². The third kappa shape index (κ3) is 2.82. The van der Waals surface area contributed by atoms with Crippen molar-refractivity contribution in [2.24, 2.45) is 5.73 Å². The second-order valence-electron chi connectivity index (χ2n) is 5.60. The van der Waals surface area contributed by atoms with E-state index in [9.17, 15) is 14.9 Å². The molecule has 2 unspecified atom stereocenters. The van der Waals surface area contributed by atoms with Crippen molar-refractivity contribution < 1.29 is 14.5 Å². The minimum Gasteiger partial charge on any atom is -0.483 e. The van der Waals surface area contributed by atoms with E-state index >= 15 is 0 Å². The van der Waals surface area contributed by atoms with Gasteiger partial charge in [-0.3, -0.25) is 14.9 Å². The van der Waals surface area contributed by atoms with Gasteiger partial charge in [0, 0.05) is 18.5 Å². The minimum absolute atomic E-state index is 0.0741. The Hall–Kier alpha value is -2.15. The Balaban J connectivity index is 1.91. The number of hydrogen-bond donors (Lipinski definition) is 2. The first-order chi connectivity index (χ1) is 10.0. The van der Waals surface area contributed by atoms with Gasteiger partial charge in [-0.15, -0.1) is 0 Å². The van der Waals surface area contributed by atoms with E-state index < -0.39 is 4.92 Å². The fourth-order valence-corrected chi connectivity index (χ4v) is 2.89. The van der Waals surface area contributed by atoms with Crippen LogP contribution in [-0.2, 0) is 11.2 Å². The van der Waals surface area contributed by atoms with Crippen LogP contribution in [0, 0.1) is 10.1 Å². The van der Waals surface area contributed by atoms with Gasteiger partial charge in [-0.2, -0.15) is 0 Å². The van der Waals surface area contributed by atoms with Crippen molar-refractivity contribution in [3.63, 3.8) is 0 Å².